The molecule has 2 aromatic carbocycles. The van der Waals surface area contributed by atoms with E-state index in [2.05, 4.69) is 4.72 Å². The third-order valence-corrected chi connectivity index (χ3v) is 5.12. The third kappa shape index (κ3) is 2.87. The second kappa shape index (κ2) is 5.66. The number of sulfonamides is 1. The van der Waals surface area contributed by atoms with E-state index < -0.39 is 10.0 Å². The van der Waals surface area contributed by atoms with Crippen LogP contribution in [0.2, 0.25) is 0 Å². The van der Waals surface area contributed by atoms with Gasteiger partial charge in [-0.3, -0.25) is 4.72 Å². The normalized spacial score (nSPS) is 13.7. The average Bonchev–Trinajstić information content (AvgIpc) is 2.54. The first-order chi connectivity index (χ1) is 10.6. The monoisotopic (exact) mass is 310 g/mol. The topological polar surface area (TPSA) is 70.0 Å². The summed E-state index contributed by atoms with van der Waals surface area (Å²) in [4.78, 5) is 0.369. The molecule has 0 aromatic heterocycles. The lowest BCUT2D eigenvalue weighted by Crippen LogP contribution is -2.17. The number of benzene rings is 2. The Labute approximate surface area is 129 Å². The molecule has 0 spiro atoms. The van der Waals surface area contributed by atoms with Gasteiger partial charge in [0.15, 0.2) is 0 Å². The van der Waals surface area contributed by atoms with E-state index in [1.54, 1.807) is 24.3 Å². The van der Waals surface area contributed by atoms with E-state index in [0.717, 1.165) is 11.1 Å². The number of nitrogens with one attached hydrogen (secondary N) is 1. The predicted octanol–water partition coefficient (Wildman–Crippen LogP) is 3.29. The second-order valence-electron chi connectivity index (χ2n) is 5.11. The Bertz CT molecular complexity index is 893. The van der Waals surface area contributed by atoms with Crippen LogP contribution in [-0.4, -0.2) is 8.42 Å². The molecule has 0 radical (unpaired) electrons. The van der Waals surface area contributed by atoms with Crippen LogP contribution in [0.5, 0.6) is 0 Å². The lowest BCUT2D eigenvalue weighted by molar-refractivity contribution is 0.605. The van der Waals surface area contributed by atoms with Gasteiger partial charge >= 0.3 is 0 Å². The number of allylic oxidation sites excluding steroid dienone is 1. The maximum absolute atomic E-state index is 12.5. The van der Waals surface area contributed by atoms with Crippen LogP contribution in [0.3, 0.4) is 0 Å². The Morgan fingerprint density at radius 2 is 1.86 bits per heavy atom. The molecule has 110 valence electrons. The van der Waals surface area contributed by atoms with Crippen molar-refractivity contribution in [2.75, 3.05) is 4.72 Å². The molecular weight excluding hydrogens is 296 g/mol. The quantitative estimate of drug-likeness (QED) is 0.945. The van der Waals surface area contributed by atoms with Crippen molar-refractivity contribution in [2.24, 2.45) is 0 Å². The standard InChI is InChI=1S/C17H14N2O2S/c18-12-13-4-3-7-16(10-13)19-22(20,21)17-9-8-14-5-1-2-6-15(14)11-17/h1-7,10-11,19H,8-9H2. The Kier molecular flexibility index (Phi) is 3.70. The minimum atomic E-state index is -3.60. The third-order valence-electron chi connectivity index (χ3n) is 3.60. The van der Waals surface area contributed by atoms with Gasteiger partial charge in [0, 0.05) is 0 Å². The Hall–Kier alpha value is -2.58. The fourth-order valence-electron chi connectivity index (χ4n) is 2.49. The molecule has 0 aliphatic heterocycles. The number of hydrogen-bond donors (Lipinski definition) is 1. The lowest BCUT2D eigenvalue weighted by Gasteiger charge is -2.17. The van der Waals surface area contributed by atoms with E-state index in [9.17, 15) is 8.42 Å². The molecule has 1 aliphatic rings. The zero-order valence-corrected chi connectivity index (χ0v) is 12.6. The van der Waals surface area contributed by atoms with Crippen molar-refractivity contribution >= 4 is 21.8 Å². The molecule has 1 N–H and O–H groups in total. The summed E-state index contributed by atoms with van der Waals surface area (Å²) in [6.07, 6.45) is 2.90. The summed E-state index contributed by atoms with van der Waals surface area (Å²) in [7, 11) is -3.60. The Morgan fingerprint density at radius 1 is 1.05 bits per heavy atom. The van der Waals surface area contributed by atoms with Gasteiger partial charge < -0.3 is 0 Å². The molecule has 0 unspecified atom stereocenters. The van der Waals surface area contributed by atoms with E-state index in [-0.39, 0.29) is 0 Å². The molecular formula is C17H14N2O2S. The highest BCUT2D eigenvalue weighted by molar-refractivity contribution is 7.96. The van der Waals surface area contributed by atoms with Crippen molar-refractivity contribution in [1.82, 2.24) is 0 Å². The highest BCUT2D eigenvalue weighted by Gasteiger charge is 2.21. The minimum absolute atomic E-state index is 0.369. The van der Waals surface area contributed by atoms with Crippen LogP contribution in [0, 0.1) is 11.3 Å². The van der Waals surface area contributed by atoms with Crippen molar-refractivity contribution < 1.29 is 8.42 Å². The summed E-state index contributed by atoms with van der Waals surface area (Å²) < 4.78 is 27.6. The maximum atomic E-state index is 12.5. The van der Waals surface area contributed by atoms with Gasteiger partial charge in [-0.1, -0.05) is 30.3 Å². The van der Waals surface area contributed by atoms with Crippen molar-refractivity contribution in [3.8, 4) is 6.07 Å². The van der Waals surface area contributed by atoms with Crippen LogP contribution in [0.1, 0.15) is 23.1 Å². The van der Waals surface area contributed by atoms with Gasteiger partial charge in [-0.2, -0.15) is 5.26 Å². The molecule has 4 nitrogen and oxygen atoms in total. The number of fused-ring (bicyclic) bond motifs is 1. The van der Waals surface area contributed by atoms with E-state index in [0.29, 0.717) is 29.0 Å². The number of anilines is 1. The van der Waals surface area contributed by atoms with Crippen molar-refractivity contribution in [3.63, 3.8) is 0 Å². The first-order valence-electron chi connectivity index (χ1n) is 6.90. The van der Waals surface area contributed by atoms with Crippen LogP contribution in [-0.2, 0) is 16.4 Å². The second-order valence-corrected chi connectivity index (χ2v) is 6.84. The van der Waals surface area contributed by atoms with Crippen molar-refractivity contribution in [3.05, 3.63) is 70.1 Å². The zero-order valence-electron chi connectivity index (χ0n) is 11.8. The number of nitrogens with zero attached hydrogens (tertiary/aromatic N) is 1. The van der Waals surface area contributed by atoms with Crippen LogP contribution in [0.25, 0.3) is 6.08 Å². The molecule has 0 heterocycles. The zero-order chi connectivity index (χ0) is 15.6. The summed E-state index contributed by atoms with van der Waals surface area (Å²) in [5.41, 5.74) is 2.93. The first kappa shape index (κ1) is 14.4. The molecule has 0 saturated carbocycles. The maximum Gasteiger partial charge on any atom is 0.258 e. The summed E-state index contributed by atoms with van der Waals surface area (Å²) >= 11 is 0. The molecule has 0 fully saturated rings. The van der Waals surface area contributed by atoms with E-state index in [1.807, 2.05) is 30.3 Å². The number of rotatable bonds is 3. The highest BCUT2D eigenvalue weighted by Crippen LogP contribution is 2.28. The van der Waals surface area contributed by atoms with Gasteiger partial charge in [-0.05, 0) is 48.2 Å². The minimum Gasteiger partial charge on any atom is -0.280 e. The van der Waals surface area contributed by atoms with E-state index in [1.165, 1.54) is 6.07 Å². The van der Waals surface area contributed by atoms with Crippen molar-refractivity contribution in [2.45, 2.75) is 12.8 Å². The molecule has 0 atom stereocenters. The van der Waals surface area contributed by atoms with Gasteiger partial charge in [-0.25, -0.2) is 8.42 Å². The fraction of sp³-hybridized carbons (Fsp3) is 0.118. The summed E-state index contributed by atoms with van der Waals surface area (Å²) in [5, 5.41) is 8.88. The fourth-order valence-corrected chi connectivity index (χ4v) is 3.71. The summed E-state index contributed by atoms with van der Waals surface area (Å²) in [6, 6.07) is 16.2. The number of aryl methyl sites for hydroxylation is 1. The number of hydrogen-bond acceptors (Lipinski definition) is 3. The molecule has 22 heavy (non-hydrogen) atoms. The van der Waals surface area contributed by atoms with Crippen molar-refractivity contribution in [1.29, 1.82) is 5.26 Å². The molecule has 0 bridgehead atoms. The molecule has 2 aromatic rings. The Balaban J connectivity index is 1.91. The van der Waals surface area contributed by atoms with Crippen LogP contribution in [0.4, 0.5) is 5.69 Å². The van der Waals surface area contributed by atoms with Crippen LogP contribution >= 0.6 is 0 Å². The highest BCUT2D eigenvalue weighted by atomic mass is 32.2. The number of nitriles is 1. The van der Waals surface area contributed by atoms with Gasteiger partial charge in [-0.15, -0.1) is 0 Å². The van der Waals surface area contributed by atoms with Gasteiger partial charge in [0.1, 0.15) is 0 Å². The average molecular weight is 310 g/mol. The molecule has 1 aliphatic carbocycles. The Morgan fingerprint density at radius 3 is 2.68 bits per heavy atom. The van der Waals surface area contributed by atoms with E-state index >= 15 is 0 Å². The SMILES string of the molecule is N#Cc1cccc(NS(=O)(=O)C2=Cc3ccccc3CC2)c1. The molecule has 0 amide bonds. The van der Waals surface area contributed by atoms with Gasteiger partial charge in [0.2, 0.25) is 0 Å². The van der Waals surface area contributed by atoms with Crippen LogP contribution < -0.4 is 4.72 Å². The smallest absolute Gasteiger partial charge is 0.258 e. The predicted molar refractivity (Wildman–Crippen MR) is 86.4 cm³/mol. The summed E-state index contributed by atoms with van der Waals surface area (Å²) in [6.45, 7) is 0. The summed E-state index contributed by atoms with van der Waals surface area (Å²) in [5.74, 6) is 0. The lowest BCUT2D eigenvalue weighted by atomic mass is 9.98. The molecule has 5 heteroatoms. The van der Waals surface area contributed by atoms with Crippen LogP contribution in [0.15, 0.2) is 53.4 Å². The van der Waals surface area contributed by atoms with Gasteiger partial charge in [0.25, 0.3) is 10.0 Å². The molecule has 3 rings (SSSR count). The molecule has 0 saturated heterocycles. The first-order valence-corrected chi connectivity index (χ1v) is 8.38. The largest absolute Gasteiger partial charge is 0.280 e. The van der Waals surface area contributed by atoms with Gasteiger partial charge in [0.05, 0.1) is 22.2 Å². The van der Waals surface area contributed by atoms with E-state index in [4.69, 9.17) is 5.26 Å².